The molecule has 0 bridgehead atoms. The zero-order valence-electron chi connectivity index (χ0n) is 15.7. The highest BCUT2D eigenvalue weighted by Crippen LogP contribution is 2.29. The average Bonchev–Trinajstić information content (AvgIpc) is 3.18. The number of pyridine rings is 1. The molecule has 1 unspecified atom stereocenters. The van der Waals surface area contributed by atoms with Gasteiger partial charge in [0.05, 0.1) is 5.02 Å². The Morgan fingerprint density at radius 1 is 1.10 bits per heavy atom. The second kappa shape index (κ2) is 8.32. The number of aryl methyl sites for hydroxylation is 1. The Bertz CT molecular complexity index is 1140. The highest BCUT2D eigenvalue weighted by molar-refractivity contribution is 6.35. The minimum Gasteiger partial charge on any atom is -0.481 e. The number of benzene rings is 2. The number of amides is 1. The molecule has 7 heteroatoms. The first-order chi connectivity index (χ1) is 14.1. The predicted molar refractivity (Wildman–Crippen MR) is 112 cm³/mol. The largest absolute Gasteiger partial charge is 0.481 e. The summed E-state index contributed by atoms with van der Waals surface area (Å²) in [6, 6.07) is 16.5. The van der Waals surface area contributed by atoms with E-state index in [-0.39, 0.29) is 18.6 Å². The maximum Gasteiger partial charge on any atom is 0.258 e. The molecule has 6 nitrogen and oxygen atoms in total. The van der Waals surface area contributed by atoms with Gasteiger partial charge >= 0.3 is 0 Å². The molecule has 1 atom stereocenters. The standard InChI is InChI=1S/C22H19ClN4O2/c1-27-13-12-25-22(27)20(15-6-3-2-4-7-15)26-19(28)14-29-18-10-9-17(23)16-8-5-11-24-21(16)18/h2-13,20H,14H2,1H3,(H,26,28). The third kappa shape index (κ3) is 4.07. The average molecular weight is 407 g/mol. The van der Waals surface area contributed by atoms with E-state index in [0.29, 0.717) is 16.3 Å². The number of ether oxygens (including phenoxy) is 1. The number of nitrogens with one attached hydrogen (secondary N) is 1. The van der Waals surface area contributed by atoms with Crippen LogP contribution in [0.2, 0.25) is 5.02 Å². The van der Waals surface area contributed by atoms with Crippen LogP contribution in [0.25, 0.3) is 10.9 Å². The summed E-state index contributed by atoms with van der Waals surface area (Å²) >= 11 is 6.22. The van der Waals surface area contributed by atoms with Crippen LogP contribution in [0.5, 0.6) is 5.75 Å². The molecule has 0 aliphatic heterocycles. The Kier molecular flexibility index (Phi) is 5.44. The molecule has 2 aromatic heterocycles. The van der Waals surface area contributed by atoms with E-state index in [1.807, 2.05) is 60.3 Å². The fraction of sp³-hybridized carbons (Fsp3) is 0.136. The number of hydrogen-bond acceptors (Lipinski definition) is 4. The van der Waals surface area contributed by atoms with Crippen molar-refractivity contribution in [2.45, 2.75) is 6.04 Å². The maximum atomic E-state index is 12.7. The normalized spacial score (nSPS) is 11.9. The van der Waals surface area contributed by atoms with Gasteiger partial charge in [-0.15, -0.1) is 0 Å². The Morgan fingerprint density at radius 3 is 2.69 bits per heavy atom. The van der Waals surface area contributed by atoms with E-state index in [4.69, 9.17) is 16.3 Å². The van der Waals surface area contributed by atoms with Crippen molar-refractivity contribution < 1.29 is 9.53 Å². The zero-order chi connectivity index (χ0) is 20.2. The SMILES string of the molecule is Cn1ccnc1C(NC(=O)COc1ccc(Cl)c2cccnc12)c1ccccc1. The third-order valence-corrected chi connectivity index (χ3v) is 4.92. The molecule has 0 aliphatic carbocycles. The number of carbonyl (C=O) groups excluding carboxylic acids is 1. The van der Waals surface area contributed by atoms with E-state index < -0.39 is 0 Å². The summed E-state index contributed by atoms with van der Waals surface area (Å²) in [4.78, 5) is 21.4. The number of hydrogen-bond donors (Lipinski definition) is 1. The smallest absolute Gasteiger partial charge is 0.258 e. The lowest BCUT2D eigenvalue weighted by atomic mass is 10.1. The molecule has 2 heterocycles. The van der Waals surface area contributed by atoms with Crippen molar-refractivity contribution >= 4 is 28.4 Å². The maximum absolute atomic E-state index is 12.7. The summed E-state index contributed by atoms with van der Waals surface area (Å²) in [5, 5.41) is 4.38. The second-order valence-electron chi connectivity index (χ2n) is 6.54. The van der Waals surface area contributed by atoms with E-state index in [0.717, 1.165) is 16.8 Å². The molecule has 2 aromatic carbocycles. The fourth-order valence-electron chi connectivity index (χ4n) is 3.17. The van der Waals surface area contributed by atoms with Gasteiger partial charge in [-0.25, -0.2) is 4.98 Å². The molecular weight excluding hydrogens is 388 g/mol. The highest BCUT2D eigenvalue weighted by Gasteiger charge is 2.21. The van der Waals surface area contributed by atoms with Gasteiger partial charge in [-0.1, -0.05) is 41.9 Å². The van der Waals surface area contributed by atoms with E-state index in [9.17, 15) is 4.79 Å². The van der Waals surface area contributed by atoms with Gasteiger partial charge in [0.25, 0.3) is 5.91 Å². The van der Waals surface area contributed by atoms with Gasteiger partial charge in [0.15, 0.2) is 6.61 Å². The van der Waals surface area contributed by atoms with Crippen LogP contribution in [0.1, 0.15) is 17.4 Å². The van der Waals surface area contributed by atoms with Crippen LogP contribution in [0.3, 0.4) is 0 Å². The Morgan fingerprint density at radius 2 is 1.93 bits per heavy atom. The summed E-state index contributed by atoms with van der Waals surface area (Å²) in [7, 11) is 1.90. The predicted octanol–water partition coefficient (Wildman–Crippen LogP) is 3.91. The summed E-state index contributed by atoms with van der Waals surface area (Å²) in [5.41, 5.74) is 1.56. The van der Waals surface area contributed by atoms with Gasteiger partial charge in [0, 0.05) is 31.0 Å². The number of aromatic nitrogens is 3. The van der Waals surface area contributed by atoms with Crippen molar-refractivity contribution in [3.8, 4) is 5.75 Å². The molecule has 4 rings (SSSR count). The summed E-state index contributed by atoms with van der Waals surface area (Å²) in [5.74, 6) is 0.984. The molecule has 0 saturated heterocycles. The quantitative estimate of drug-likeness (QED) is 0.527. The van der Waals surface area contributed by atoms with Crippen LogP contribution >= 0.6 is 11.6 Å². The molecule has 0 radical (unpaired) electrons. The minimum atomic E-state index is -0.382. The van der Waals surface area contributed by atoms with Crippen molar-refractivity contribution in [2.24, 2.45) is 7.05 Å². The lowest BCUT2D eigenvalue weighted by Crippen LogP contribution is -2.34. The fourth-order valence-corrected chi connectivity index (χ4v) is 3.39. The number of rotatable bonds is 6. The number of imidazole rings is 1. The number of carbonyl (C=O) groups is 1. The van der Waals surface area contributed by atoms with Gasteiger partial charge in [-0.05, 0) is 29.8 Å². The zero-order valence-corrected chi connectivity index (χ0v) is 16.5. The molecule has 1 N–H and O–H groups in total. The topological polar surface area (TPSA) is 69.0 Å². The molecule has 146 valence electrons. The number of halogens is 1. The molecule has 1 amide bonds. The first kappa shape index (κ1) is 19.0. The minimum absolute atomic E-state index is 0.152. The number of fused-ring (bicyclic) bond motifs is 1. The van der Waals surface area contributed by atoms with Crippen LogP contribution in [-0.4, -0.2) is 27.0 Å². The van der Waals surface area contributed by atoms with Crippen LogP contribution in [0, 0.1) is 0 Å². The van der Waals surface area contributed by atoms with Crippen molar-refractivity contribution in [1.82, 2.24) is 19.9 Å². The van der Waals surface area contributed by atoms with Gasteiger partial charge in [0.1, 0.15) is 23.1 Å². The Labute approximate surface area is 173 Å². The van der Waals surface area contributed by atoms with Crippen molar-refractivity contribution in [3.63, 3.8) is 0 Å². The second-order valence-corrected chi connectivity index (χ2v) is 6.95. The first-order valence-corrected chi connectivity index (χ1v) is 9.49. The molecule has 0 aliphatic rings. The van der Waals surface area contributed by atoms with Crippen LogP contribution < -0.4 is 10.1 Å². The molecule has 4 aromatic rings. The van der Waals surface area contributed by atoms with Crippen molar-refractivity contribution in [2.75, 3.05) is 6.61 Å². The molecule has 0 fully saturated rings. The van der Waals surface area contributed by atoms with Crippen molar-refractivity contribution in [3.05, 3.63) is 89.6 Å². The number of nitrogens with zero attached hydrogens (tertiary/aromatic N) is 3. The van der Waals surface area contributed by atoms with Crippen molar-refractivity contribution in [1.29, 1.82) is 0 Å². The summed E-state index contributed by atoms with van der Waals surface area (Å²) in [6.07, 6.45) is 5.22. The van der Waals surface area contributed by atoms with E-state index in [2.05, 4.69) is 15.3 Å². The Balaban J connectivity index is 1.52. The van der Waals surface area contributed by atoms with Gasteiger partial charge in [0.2, 0.25) is 0 Å². The molecule has 0 saturated carbocycles. The van der Waals surface area contributed by atoms with Gasteiger partial charge < -0.3 is 14.6 Å². The lowest BCUT2D eigenvalue weighted by molar-refractivity contribution is -0.123. The molecule has 29 heavy (non-hydrogen) atoms. The van der Waals surface area contributed by atoms with Gasteiger partial charge in [-0.2, -0.15) is 0 Å². The van der Waals surface area contributed by atoms with E-state index in [1.165, 1.54) is 0 Å². The van der Waals surface area contributed by atoms with E-state index in [1.54, 1.807) is 24.5 Å². The van der Waals surface area contributed by atoms with Crippen LogP contribution in [0.4, 0.5) is 0 Å². The lowest BCUT2D eigenvalue weighted by Gasteiger charge is -2.19. The molecular formula is C22H19ClN4O2. The highest BCUT2D eigenvalue weighted by atomic mass is 35.5. The monoisotopic (exact) mass is 406 g/mol. The summed E-state index contributed by atoms with van der Waals surface area (Å²) < 4.78 is 7.64. The van der Waals surface area contributed by atoms with E-state index >= 15 is 0 Å². The Hall–Kier alpha value is -3.38. The van der Waals surface area contributed by atoms with Gasteiger partial charge in [-0.3, -0.25) is 9.78 Å². The first-order valence-electron chi connectivity index (χ1n) is 9.11. The molecule has 0 spiro atoms. The third-order valence-electron chi connectivity index (χ3n) is 4.59. The van der Waals surface area contributed by atoms with Crippen LogP contribution in [-0.2, 0) is 11.8 Å². The summed E-state index contributed by atoms with van der Waals surface area (Å²) in [6.45, 7) is -0.152. The van der Waals surface area contributed by atoms with Crippen LogP contribution in [0.15, 0.2) is 73.2 Å².